The maximum absolute atomic E-state index is 13.8. The first-order valence-electron chi connectivity index (χ1n) is 9.03. The molecule has 1 N–H and O–H groups in total. The van der Waals surface area contributed by atoms with Crippen LogP contribution in [0.1, 0.15) is 5.56 Å². The molecule has 1 aliphatic heterocycles. The first-order chi connectivity index (χ1) is 13.6. The zero-order chi connectivity index (χ0) is 19.3. The molecule has 4 aromatic rings. The Morgan fingerprint density at radius 2 is 1.82 bits per heavy atom. The zero-order valence-corrected chi connectivity index (χ0v) is 16.0. The van der Waals surface area contributed by atoms with Crippen LogP contribution in [-0.4, -0.2) is 23.6 Å². The SMILES string of the molecule is CN1CCc2cc(-c3ncc(-c4ccc(F)cc4)[nH]3)sc2-c2ccc(F)cc21. The third-order valence-corrected chi connectivity index (χ3v) is 6.32. The number of rotatable bonds is 2. The van der Waals surface area contributed by atoms with Crippen LogP contribution in [0.5, 0.6) is 0 Å². The minimum absolute atomic E-state index is 0.221. The highest BCUT2D eigenvalue weighted by Crippen LogP contribution is 2.43. The van der Waals surface area contributed by atoms with Crippen LogP contribution in [-0.2, 0) is 6.42 Å². The molecule has 0 spiro atoms. The largest absolute Gasteiger partial charge is 0.374 e. The Morgan fingerprint density at radius 1 is 1.04 bits per heavy atom. The first kappa shape index (κ1) is 17.1. The van der Waals surface area contributed by atoms with Gasteiger partial charge in [0.05, 0.1) is 16.8 Å². The van der Waals surface area contributed by atoms with Gasteiger partial charge in [-0.05, 0) is 66.1 Å². The van der Waals surface area contributed by atoms with Crippen molar-refractivity contribution < 1.29 is 8.78 Å². The predicted molar refractivity (Wildman–Crippen MR) is 110 cm³/mol. The van der Waals surface area contributed by atoms with Crippen LogP contribution < -0.4 is 4.90 Å². The molecule has 0 fully saturated rings. The Bertz CT molecular complexity index is 1160. The van der Waals surface area contributed by atoms with Gasteiger partial charge in [0.1, 0.15) is 17.5 Å². The summed E-state index contributed by atoms with van der Waals surface area (Å²) in [6.07, 6.45) is 2.66. The van der Waals surface area contributed by atoms with E-state index in [0.717, 1.165) is 51.1 Å². The lowest BCUT2D eigenvalue weighted by Gasteiger charge is -2.19. The van der Waals surface area contributed by atoms with Gasteiger partial charge in [0.25, 0.3) is 0 Å². The molecule has 0 radical (unpaired) electrons. The van der Waals surface area contributed by atoms with Crippen LogP contribution in [0.25, 0.3) is 32.4 Å². The molecule has 0 unspecified atom stereocenters. The quantitative estimate of drug-likeness (QED) is 0.471. The molecule has 3 heterocycles. The standard InChI is InChI=1S/C22H17F2N3S/c1-27-9-8-14-10-20(28-21(14)17-7-6-16(24)11-19(17)27)22-25-12-18(26-22)13-2-4-15(23)5-3-13/h2-7,10-12H,8-9H2,1H3,(H,25,26). The number of imidazole rings is 1. The van der Waals surface area contributed by atoms with Gasteiger partial charge in [-0.1, -0.05) is 0 Å². The molecule has 140 valence electrons. The van der Waals surface area contributed by atoms with Crippen molar-refractivity contribution >= 4 is 17.0 Å². The maximum Gasteiger partial charge on any atom is 0.147 e. The van der Waals surface area contributed by atoms with Crippen molar-refractivity contribution in [3.63, 3.8) is 0 Å². The van der Waals surface area contributed by atoms with E-state index >= 15 is 0 Å². The van der Waals surface area contributed by atoms with Gasteiger partial charge in [0.15, 0.2) is 0 Å². The van der Waals surface area contributed by atoms with E-state index in [1.165, 1.54) is 23.8 Å². The molecule has 0 bridgehead atoms. The van der Waals surface area contributed by atoms with E-state index in [9.17, 15) is 8.78 Å². The monoisotopic (exact) mass is 393 g/mol. The molecule has 6 heteroatoms. The summed E-state index contributed by atoms with van der Waals surface area (Å²) in [5.41, 5.74) is 4.95. The smallest absolute Gasteiger partial charge is 0.147 e. The Hall–Kier alpha value is -2.99. The molecule has 1 aliphatic rings. The molecule has 5 rings (SSSR count). The lowest BCUT2D eigenvalue weighted by Crippen LogP contribution is -2.19. The molecule has 28 heavy (non-hydrogen) atoms. The molecule has 2 aromatic carbocycles. The summed E-state index contributed by atoms with van der Waals surface area (Å²) in [6.45, 7) is 0.832. The number of hydrogen-bond acceptors (Lipinski definition) is 3. The number of H-pyrrole nitrogens is 1. The fourth-order valence-corrected chi connectivity index (χ4v) is 4.80. The number of nitrogens with zero attached hydrogens (tertiary/aromatic N) is 2. The number of benzene rings is 2. The number of likely N-dealkylation sites (N-methyl/N-ethyl adjacent to an activating group) is 1. The lowest BCUT2D eigenvalue weighted by atomic mass is 10.1. The van der Waals surface area contributed by atoms with Crippen LogP contribution in [0.4, 0.5) is 14.5 Å². The number of nitrogens with one attached hydrogen (secondary N) is 1. The molecule has 0 aliphatic carbocycles. The number of anilines is 1. The first-order valence-corrected chi connectivity index (χ1v) is 9.85. The molecule has 0 amide bonds. The maximum atomic E-state index is 13.8. The Morgan fingerprint density at radius 3 is 2.64 bits per heavy atom. The molecule has 2 aromatic heterocycles. The number of halogens is 2. The number of fused-ring (bicyclic) bond motifs is 3. The highest BCUT2D eigenvalue weighted by atomic mass is 32.1. The van der Waals surface area contributed by atoms with Crippen molar-refractivity contribution in [3.8, 4) is 32.4 Å². The van der Waals surface area contributed by atoms with Gasteiger partial charge in [0.2, 0.25) is 0 Å². The van der Waals surface area contributed by atoms with Gasteiger partial charge in [-0.3, -0.25) is 0 Å². The molecule has 0 saturated carbocycles. The summed E-state index contributed by atoms with van der Waals surface area (Å²) >= 11 is 1.66. The van der Waals surface area contributed by atoms with Gasteiger partial charge in [-0.2, -0.15) is 0 Å². The van der Waals surface area contributed by atoms with Crippen molar-refractivity contribution in [2.45, 2.75) is 6.42 Å². The van der Waals surface area contributed by atoms with E-state index < -0.39 is 0 Å². The van der Waals surface area contributed by atoms with Crippen molar-refractivity contribution in [3.05, 3.63) is 71.9 Å². The normalized spacial score (nSPS) is 13.2. The van der Waals surface area contributed by atoms with Gasteiger partial charge < -0.3 is 9.88 Å². The molecule has 0 saturated heterocycles. The predicted octanol–water partition coefficient (Wildman–Crippen LogP) is 5.74. The van der Waals surface area contributed by atoms with Crippen LogP contribution in [0, 0.1) is 11.6 Å². The number of aromatic amines is 1. The molecule has 0 atom stereocenters. The van der Waals surface area contributed by atoms with Crippen molar-refractivity contribution in [2.24, 2.45) is 0 Å². The Labute approximate surface area is 165 Å². The van der Waals surface area contributed by atoms with E-state index in [-0.39, 0.29) is 11.6 Å². The van der Waals surface area contributed by atoms with Gasteiger partial charge in [-0.15, -0.1) is 11.3 Å². The molecule has 3 nitrogen and oxygen atoms in total. The Kier molecular flexibility index (Phi) is 4.02. The zero-order valence-electron chi connectivity index (χ0n) is 15.2. The average molecular weight is 393 g/mol. The van der Waals surface area contributed by atoms with Gasteiger partial charge in [-0.25, -0.2) is 13.8 Å². The summed E-state index contributed by atoms with van der Waals surface area (Å²) in [4.78, 5) is 12.2. The summed E-state index contributed by atoms with van der Waals surface area (Å²) in [6, 6.07) is 13.5. The summed E-state index contributed by atoms with van der Waals surface area (Å²) in [5, 5.41) is 0. The van der Waals surface area contributed by atoms with Crippen molar-refractivity contribution in [2.75, 3.05) is 18.5 Å². The third-order valence-electron chi connectivity index (χ3n) is 5.11. The second-order valence-electron chi connectivity index (χ2n) is 6.95. The lowest BCUT2D eigenvalue weighted by molar-refractivity contribution is 0.627. The van der Waals surface area contributed by atoms with Crippen LogP contribution >= 0.6 is 11.3 Å². The highest BCUT2D eigenvalue weighted by Gasteiger charge is 2.22. The van der Waals surface area contributed by atoms with E-state index in [0.29, 0.717) is 0 Å². The van der Waals surface area contributed by atoms with Crippen LogP contribution in [0.15, 0.2) is 54.7 Å². The number of hydrogen-bond donors (Lipinski definition) is 1. The van der Waals surface area contributed by atoms with Crippen LogP contribution in [0.2, 0.25) is 0 Å². The minimum atomic E-state index is -0.259. The summed E-state index contributed by atoms with van der Waals surface area (Å²) in [5.74, 6) is 0.306. The fraction of sp³-hybridized carbons (Fsp3) is 0.136. The second-order valence-corrected chi connectivity index (χ2v) is 8.00. The fourth-order valence-electron chi connectivity index (χ4n) is 3.60. The number of aromatic nitrogens is 2. The van der Waals surface area contributed by atoms with Gasteiger partial charge >= 0.3 is 0 Å². The highest BCUT2D eigenvalue weighted by molar-refractivity contribution is 7.19. The summed E-state index contributed by atoms with van der Waals surface area (Å²) < 4.78 is 26.9. The summed E-state index contributed by atoms with van der Waals surface area (Å²) in [7, 11) is 2.00. The number of thiophene rings is 1. The topological polar surface area (TPSA) is 31.9 Å². The average Bonchev–Trinajstić information content (AvgIpc) is 3.31. The third kappa shape index (κ3) is 2.90. The molecular formula is C22H17F2N3S. The van der Waals surface area contributed by atoms with Crippen LogP contribution in [0.3, 0.4) is 0 Å². The molecular weight excluding hydrogens is 376 g/mol. The van der Waals surface area contributed by atoms with E-state index in [1.807, 2.05) is 13.1 Å². The van der Waals surface area contributed by atoms with Crippen molar-refractivity contribution in [1.29, 1.82) is 0 Å². The van der Waals surface area contributed by atoms with Gasteiger partial charge in [0, 0.05) is 29.7 Å². The van der Waals surface area contributed by atoms with E-state index in [1.54, 1.807) is 35.7 Å². The van der Waals surface area contributed by atoms with E-state index in [2.05, 4.69) is 20.9 Å². The Balaban J connectivity index is 1.56. The second kappa shape index (κ2) is 6.56. The van der Waals surface area contributed by atoms with E-state index in [4.69, 9.17) is 0 Å². The minimum Gasteiger partial charge on any atom is -0.374 e. The van der Waals surface area contributed by atoms with Crippen molar-refractivity contribution in [1.82, 2.24) is 9.97 Å².